The Balaban J connectivity index is 1.98. The van der Waals surface area contributed by atoms with Crippen molar-refractivity contribution in [2.24, 2.45) is 29.4 Å². The van der Waals surface area contributed by atoms with E-state index < -0.39 is 76.4 Å². The van der Waals surface area contributed by atoms with Crippen molar-refractivity contribution in [3.8, 4) is 5.75 Å². The maximum Gasteiger partial charge on any atom is 0.235 e. The topological polar surface area (TPSA) is 175 Å². The van der Waals surface area contributed by atoms with Crippen molar-refractivity contribution in [2.75, 3.05) is 14.1 Å². The summed E-state index contributed by atoms with van der Waals surface area (Å²) in [5.41, 5.74) is 2.63. The van der Waals surface area contributed by atoms with Gasteiger partial charge in [-0.2, -0.15) is 0 Å². The van der Waals surface area contributed by atoms with Crippen LogP contribution in [-0.2, 0) is 19.2 Å². The number of primary amides is 1. The van der Waals surface area contributed by atoms with Crippen molar-refractivity contribution in [2.45, 2.75) is 30.6 Å². The molecule has 3 aliphatic carbocycles. The number of nitrogens with two attached hydrogens (primary N) is 1. The first-order valence-electron chi connectivity index (χ1n) is 10.3. The van der Waals surface area contributed by atoms with Crippen LogP contribution in [0.1, 0.15) is 28.8 Å². The fourth-order valence-corrected chi connectivity index (χ4v) is 6.96. The van der Waals surface area contributed by atoms with E-state index in [4.69, 9.17) is 5.73 Å². The number of Topliss-reactive ketones (excluding diaryl/α,β-unsaturated/α-hetero) is 4. The highest BCUT2D eigenvalue weighted by molar-refractivity contribution is 14.1. The number of benzene rings is 1. The fourth-order valence-electron chi connectivity index (χ4n) is 6.02. The van der Waals surface area contributed by atoms with Crippen LogP contribution in [0.4, 0.5) is 0 Å². The van der Waals surface area contributed by atoms with Crippen LogP contribution in [0, 0.1) is 27.2 Å². The van der Waals surface area contributed by atoms with Crippen molar-refractivity contribution >= 4 is 51.6 Å². The second-order valence-corrected chi connectivity index (χ2v) is 10.4. The van der Waals surface area contributed by atoms with Gasteiger partial charge in [0.05, 0.1) is 29.5 Å². The van der Waals surface area contributed by atoms with Crippen LogP contribution >= 0.6 is 22.6 Å². The smallest absolute Gasteiger partial charge is 0.235 e. The molecule has 0 saturated heterocycles. The van der Waals surface area contributed by atoms with Crippen LogP contribution in [0.25, 0.3) is 0 Å². The standard InChI is InChI=1S/C22H23IN2O8/c1-6-9-7(23)4-5-8(26)11(9)16(27)12-10(6)17(28)14-15(25(2)3)18(29)13(21(24)32)20(31)22(14,33)19(12)30/h4-6,10,12-15,17,26,28,33H,1-3H3,(H2,24,32)/t6-,10+,12?,13?,14+,15-,17-,22-/m1/s1. The van der Waals surface area contributed by atoms with Gasteiger partial charge in [-0.3, -0.25) is 28.9 Å². The number of aliphatic hydroxyl groups is 2. The molecule has 33 heavy (non-hydrogen) atoms. The molecule has 8 atom stereocenters. The fraction of sp³-hybridized carbons (Fsp3) is 0.500. The van der Waals surface area contributed by atoms with Gasteiger partial charge < -0.3 is 21.1 Å². The maximum atomic E-state index is 13.7. The molecule has 176 valence electrons. The number of aromatic hydroxyl groups is 1. The Morgan fingerprint density at radius 1 is 1.15 bits per heavy atom. The summed E-state index contributed by atoms with van der Waals surface area (Å²) in [5, 5.41) is 33.4. The van der Waals surface area contributed by atoms with Gasteiger partial charge >= 0.3 is 0 Å². The number of phenolic OH excluding ortho intramolecular Hbond substituents is 1. The number of amides is 1. The van der Waals surface area contributed by atoms with Gasteiger partial charge in [-0.05, 0) is 60.3 Å². The van der Waals surface area contributed by atoms with Gasteiger partial charge in [0, 0.05) is 9.49 Å². The monoisotopic (exact) mass is 570 g/mol. The summed E-state index contributed by atoms with van der Waals surface area (Å²) in [6.07, 6.45) is -1.63. The number of nitrogens with zero attached hydrogens (tertiary/aromatic N) is 1. The van der Waals surface area contributed by atoms with Crippen LogP contribution in [-0.4, -0.2) is 81.1 Å². The minimum atomic E-state index is -2.98. The van der Waals surface area contributed by atoms with Crippen LogP contribution < -0.4 is 5.73 Å². The molecular weight excluding hydrogens is 547 g/mol. The Morgan fingerprint density at radius 3 is 2.30 bits per heavy atom. The normalized spacial score (nSPS) is 38.1. The Bertz CT molecular complexity index is 1130. The number of carbonyl (C=O) groups excluding carboxylic acids is 5. The molecule has 2 saturated carbocycles. The average molecular weight is 570 g/mol. The molecule has 5 N–H and O–H groups in total. The van der Waals surface area contributed by atoms with Crippen LogP contribution in [0.15, 0.2) is 12.1 Å². The lowest BCUT2D eigenvalue weighted by Gasteiger charge is -2.56. The summed E-state index contributed by atoms with van der Waals surface area (Å²) in [7, 11) is 2.90. The van der Waals surface area contributed by atoms with Gasteiger partial charge in [0.25, 0.3) is 0 Å². The molecule has 1 aromatic carbocycles. The molecule has 10 nitrogen and oxygen atoms in total. The summed E-state index contributed by atoms with van der Waals surface area (Å²) in [6.45, 7) is 1.68. The van der Waals surface area contributed by atoms with E-state index in [-0.39, 0.29) is 11.3 Å². The molecule has 2 unspecified atom stereocenters. The minimum absolute atomic E-state index is 0.104. The predicted octanol–water partition coefficient (Wildman–Crippen LogP) is -0.997. The van der Waals surface area contributed by atoms with Gasteiger partial charge in [0.1, 0.15) is 5.75 Å². The van der Waals surface area contributed by atoms with E-state index in [0.29, 0.717) is 9.13 Å². The Hall–Kier alpha value is -2.22. The lowest BCUT2D eigenvalue weighted by molar-refractivity contribution is -0.196. The Morgan fingerprint density at radius 2 is 1.76 bits per heavy atom. The molecule has 3 aliphatic rings. The first-order valence-corrected chi connectivity index (χ1v) is 11.4. The number of likely N-dealkylation sites (N-methyl/N-ethyl adjacent to an activating group) is 1. The van der Waals surface area contributed by atoms with Crippen molar-refractivity contribution in [3.05, 3.63) is 26.8 Å². The third-order valence-corrected chi connectivity index (χ3v) is 8.36. The molecule has 0 aromatic heterocycles. The zero-order valence-corrected chi connectivity index (χ0v) is 20.1. The molecule has 0 bridgehead atoms. The minimum Gasteiger partial charge on any atom is -0.507 e. The lowest BCUT2D eigenvalue weighted by Crippen LogP contribution is -2.77. The van der Waals surface area contributed by atoms with Gasteiger partial charge in [-0.1, -0.05) is 6.92 Å². The van der Waals surface area contributed by atoms with E-state index in [0.717, 1.165) is 0 Å². The maximum absolute atomic E-state index is 13.7. The van der Waals surface area contributed by atoms with Crippen molar-refractivity contribution in [1.82, 2.24) is 4.90 Å². The van der Waals surface area contributed by atoms with Crippen LogP contribution in [0.5, 0.6) is 5.75 Å². The van der Waals surface area contributed by atoms with E-state index in [1.807, 2.05) is 22.6 Å². The first-order chi connectivity index (χ1) is 15.3. The van der Waals surface area contributed by atoms with E-state index in [1.165, 1.54) is 25.1 Å². The molecule has 1 amide bonds. The highest BCUT2D eigenvalue weighted by Crippen LogP contribution is 2.54. The van der Waals surface area contributed by atoms with Crippen molar-refractivity contribution < 1.29 is 39.3 Å². The number of aliphatic hydroxyl groups excluding tert-OH is 1. The third kappa shape index (κ3) is 2.92. The molecule has 11 heteroatoms. The van der Waals surface area contributed by atoms with Crippen molar-refractivity contribution in [3.63, 3.8) is 0 Å². The first kappa shape index (κ1) is 23.9. The quantitative estimate of drug-likeness (QED) is 0.257. The number of rotatable bonds is 2. The zero-order valence-electron chi connectivity index (χ0n) is 18.0. The second kappa shape index (κ2) is 7.65. The van der Waals surface area contributed by atoms with Gasteiger partial charge in [-0.15, -0.1) is 0 Å². The summed E-state index contributed by atoms with van der Waals surface area (Å²) in [5.74, 6) is -13.1. The lowest BCUT2D eigenvalue weighted by atomic mass is 9.49. The number of halogens is 1. The molecular formula is C22H23IN2O8. The molecule has 0 radical (unpaired) electrons. The molecule has 2 fully saturated rings. The van der Waals surface area contributed by atoms with E-state index in [2.05, 4.69) is 0 Å². The van der Waals surface area contributed by atoms with Crippen LogP contribution in [0.3, 0.4) is 0 Å². The largest absolute Gasteiger partial charge is 0.507 e. The zero-order chi connectivity index (χ0) is 24.7. The van der Waals surface area contributed by atoms with Crippen molar-refractivity contribution in [1.29, 1.82) is 0 Å². The van der Waals surface area contributed by atoms with E-state index in [1.54, 1.807) is 13.0 Å². The average Bonchev–Trinajstić information content (AvgIpc) is 2.72. The van der Waals surface area contributed by atoms with Crippen LogP contribution in [0.2, 0.25) is 0 Å². The molecule has 0 spiro atoms. The number of phenols is 1. The number of carbonyl (C=O) groups is 5. The number of fused-ring (bicyclic) bond motifs is 3. The molecule has 1 aromatic rings. The third-order valence-electron chi connectivity index (χ3n) is 7.41. The molecule has 0 aliphatic heterocycles. The summed E-state index contributed by atoms with van der Waals surface area (Å²) in [6, 6.07) is 1.53. The summed E-state index contributed by atoms with van der Waals surface area (Å²) >= 11 is 1.98. The second-order valence-electron chi connectivity index (χ2n) is 9.22. The van der Waals surface area contributed by atoms with Gasteiger partial charge in [-0.25, -0.2) is 0 Å². The van der Waals surface area contributed by atoms with Gasteiger partial charge in [0.2, 0.25) is 5.91 Å². The molecule has 4 rings (SSSR count). The van der Waals surface area contributed by atoms with Gasteiger partial charge in [0.15, 0.2) is 34.7 Å². The predicted molar refractivity (Wildman–Crippen MR) is 120 cm³/mol. The van der Waals surface area contributed by atoms with E-state index in [9.17, 15) is 39.3 Å². The Labute approximate surface area is 202 Å². The number of hydrogen-bond acceptors (Lipinski definition) is 9. The highest BCUT2D eigenvalue weighted by Gasteiger charge is 2.72. The van der Waals surface area contributed by atoms with E-state index >= 15 is 0 Å². The Kier molecular flexibility index (Phi) is 5.55. The molecule has 0 heterocycles. The SMILES string of the molecule is C[C@@H]1c2c(I)ccc(O)c2C(=O)C2C(=O)[C@@]3(O)C(=O)C(C(N)=O)C(=O)[C@H](N(C)C)[C@H]3[C@H](O)[C@H]21. The summed E-state index contributed by atoms with van der Waals surface area (Å²) in [4.78, 5) is 66.7. The summed E-state index contributed by atoms with van der Waals surface area (Å²) < 4.78 is 0.633. The highest BCUT2D eigenvalue weighted by atomic mass is 127. The number of hydrogen-bond donors (Lipinski definition) is 4. The number of ketones is 4.